The highest BCUT2D eigenvalue weighted by molar-refractivity contribution is 7.09. The van der Waals surface area contributed by atoms with Gasteiger partial charge in [-0.25, -0.2) is 4.98 Å². The van der Waals surface area contributed by atoms with Gasteiger partial charge in [0.15, 0.2) is 0 Å². The molecule has 0 aliphatic heterocycles. The number of hydrogen-bond acceptors (Lipinski definition) is 4. The van der Waals surface area contributed by atoms with Crippen molar-refractivity contribution in [2.24, 2.45) is 5.92 Å². The third-order valence-electron chi connectivity index (χ3n) is 1.82. The standard InChI is InChI=1S/C11H17NO2S/c1-4-14-11(13)6-10-12-9(7-15-10)5-8(2)3/h7-8H,4-6H2,1-3H3. The van der Waals surface area contributed by atoms with Gasteiger partial charge in [-0.15, -0.1) is 11.3 Å². The molecule has 1 aromatic rings. The lowest BCUT2D eigenvalue weighted by Gasteiger charge is -1.99. The summed E-state index contributed by atoms with van der Waals surface area (Å²) in [5.74, 6) is 0.408. The summed E-state index contributed by atoms with van der Waals surface area (Å²) in [7, 11) is 0. The lowest BCUT2D eigenvalue weighted by molar-refractivity contribution is -0.142. The van der Waals surface area contributed by atoms with E-state index in [0.717, 1.165) is 17.1 Å². The molecule has 0 radical (unpaired) electrons. The van der Waals surface area contributed by atoms with Gasteiger partial charge >= 0.3 is 5.97 Å². The summed E-state index contributed by atoms with van der Waals surface area (Å²) in [5.41, 5.74) is 1.08. The Morgan fingerprint density at radius 1 is 1.60 bits per heavy atom. The Kier molecular flexibility index (Phi) is 4.75. The second-order valence-corrected chi connectivity index (χ2v) is 4.76. The number of carbonyl (C=O) groups excluding carboxylic acids is 1. The molecule has 3 nitrogen and oxygen atoms in total. The topological polar surface area (TPSA) is 39.2 Å². The number of rotatable bonds is 5. The zero-order chi connectivity index (χ0) is 11.3. The average molecular weight is 227 g/mol. The Morgan fingerprint density at radius 2 is 2.33 bits per heavy atom. The SMILES string of the molecule is CCOC(=O)Cc1nc(CC(C)C)cs1. The van der Waals surface area contributed by atoms with Gasteiger partial charge < -0.3 is 4.74 Å². The Bertz CT molecular complexity index is 320. The zero-order valence-electron chi connectivity index (χ0n) is 9.45. The fraction of sp³-hybridized carbons (Fsp3) is 0.636. The van der Waals surface area contributed by atoms with Gasteiger partial charge in [-0.1, -0.05) is 13.8 Å². The molecule has 0 atom stereocenters. The first-order valence-corrected chi connectivity index (χ1v) is 6.08. The Morgan fingerprint density at radius 3 is 2.93 bits per heavy atom. The molecule has 0 aliphatic rings. The molecular formula is C11H17NO2S. The van der Waals surface area contributed by atoms with Crippen LogP contribution in [0.5, 0.6) is 0 Å². The Balaban J connectivity index is 2.49. The fourth-order valence-electron chi connectivity index (χ4n) is 1.28. The molecule has 0 saturated heterocycles. The molecule has 1 aromatic heterocycles. The van der Waals surface area contributed by atoms with Gasteiger partial charge in [-0.3, -0.25) is 4.79 Å². The van der Waals surface area contributed by atoms with E-state index in [4.69, 9.17) is 4.74 Å². The number of ether oxygens (including phenoxy) is 1. The number of hydrogen-bond donors (Lipinski definition) is 0. The first-order chi connectivity index (χ1) is 7.11. The largest absolute Gasteiger partial charge is 0.466 e. The first-order valence-electron chi connectivity index (χ1n) is 5.20. The van der Waals surface area contributed by atoms with E-state index >= 15 is 0 Å². The molecule has 4 heteroatoms. The van der Waals surface area contributed by atoms with E-state index in [0.29, 0.717) is 18.9 Å². The van der Waals surface area contributed by atoms with Gasteiger partial charge in [0.1, 0.15) is 5.01 Å². The van der Waals surface area contributed by atoms with Crippen LogP contribution in [0.4, 0.5) is 0 Å². The van der Waals surface area contributed by atoms with Gasteiger partial charge in [0.05, 0.1) is 18.7 Å². The van der Waals surface area contributed by atoms with Crippen molar-refractivity contribution in [2.75, 3.05) is 6.61 Å². The molecule has 0 aromatic carbocycles. The van der Waals surface area contributed by atoms with Crippen molar-refractivity contribution in [3.05, 3.63) is 16.1 Å². The van der Waals surface area contributed by atoms with Crippen LogP contribution in [-0.2, 0) is 22.4 Å². The Hall–Kier alpha value is -0.900. The normalized spacial score (nSPS) is 10.7. The Labute approximate surface area is 94.5 Å². The number of nitrogens with zero attached hydrogens (tertiary/aromatic N) is 1. The van der Waals surface area contributed by atoms with Gasteiger partial charge in [-0.05, 0) is 19.3 Å². The highest BCUT2D eigenvalue weighted by atomic mass is 32.1. The van der Waals surface area contributed by atoms with E-state index in [2.05, 4.69) is 18.8 Å². The van der Waals surface area contributed by atoms with Crippen LogP contribution in [0.1, 0.15) is 31.5 Å². The molecule has 0 N–H and O–H groups in total. The van der Waals surface area contributed by atoms with Crippen molar-refractivity contribution >= 4 is 17.3 Å². The summed E-state index contributed by atoms with van der Waals surface area (Å²) in [6.45, 7) is 6.56. The monoisotopic (exact) mass is 227 g/mol. The van der Waals surface area contributed by atoms with E-state index in [9.17, 15) is 4.79 Å². The van der Waals surface area contributed by atoms with Crippen LogP contribution >= 0.6 is 11.3 Å². The van der Waals surface area contributed by atoms with Crippen LogP contribution in [0.2, 0.25) is 0 Å². The summed E-state index contributed by atoms with van der Waals surface area (Å²) in [5, 5.41) is 2.87. The maximum Gasteiger partial charge on any atom is 0.312 e. The molecule has 15 heavy (non-hydrogen) atoms. The minimum Gasteiger partial charge on any atom is -0.466 e. The number of carbonyl (C=O) groups is 1. The lowest BCUT2D eigenvalue weighted by atomic mass is 10.1. The summed E-state index contributed by atoms with van der Waals surface area (Å²) in [4.78, 5) is 15.6. The van der Waals surface area contributed by atoms with E-state index in [1.807, 2.05) is 12.3 Å². The molecule has 1 heterocycles. The zero-order valence-corrected chi connectivity index (χ0v) is 10.3. The van der Waals surface area contributed by atoms with Gasteiger partial charge in [0, 0.05) is 5.38 Å². The highest BCUT2D eigenvalue weighted by Crippen LogP contribution is 2.14. The maximum absolute atomic E-state index is 11.2. The van der Waals surface area contributed by atoms with Gasteiger partial charge in [-0.2, -0.15) is 0 Å². The quantitative estimate of drug-likeness (QED) is 0.725. The molecule has 0 bridgehead atoms. The number of esters is 1. The third-order valence-corrected chi connectivity index (χ3v) is 2.72. The fourth-order valence-corrected chi connectivity index (χ4v) is 2.07. The van der Waals surface area contributed by atoms with Crippen molar-refractivity contribution in [3.63, 3.8) is 0 Å². The van der Waals surface area contributed by atoms with Crippen molar-refractivity contribution in [1.29, 1.82) is 0 Å². The molecule has 0 unspecified atom stereocenters. The van der Waals surface area contributed by atoms with Gasteiger partial charge in [0.25, 0.3) is 0 Å². The minimum absolute atomic E-state index is 0.192. The van der Waals surface area contributed by atoms with Crippen LogP contribution < -0.4 is 0 Å². The molecule has 0 spiro atoms. The summed E-state index contributed by atoms with van der Waals surface area (Å²) in [6.07, 6.45) is 1.27. The highest BCUT2D eigenvalue weighted by Gasteiger charge is 2.09. The second kappa shape index (κ2) is 5.85. The molecule has 84 valence electrons. The predicted octanol–water partition coefficient (Wildman–Crippen LogP) is 2.45. The van der Waals surface area contributed by atoms with E-state index in [1.54, 1.807) is 0 Å². The third kappa shape index (κ3) is 4.42. The van der Waals surface area contributed by atoms with Crippen molar-refractivity contribution in [2.45, 2.75) is 33.6 Å². The molecule has 1 rings (SSSR count). The van der Waals surface area contributed by atoms with Crippen LogP contribution in [0, 0.1) is 5.92 Å². The summed E-state index contributed by atoms with van der Waals surface area (Å²) >= 11 is 1.53. The predicted molar refractivity (Wildman–Crippen MR) is 61.0 cm³/mol. The summed E-state index contributed by atoms with van der Waals surface area (Å²) in [6, 6.07) is 0. The number of aromatic nitrogens is 1. The first kappa shape index (κ1) is 12.2. The van der Waals surface area contributed by atoms with E-state index < -0.39 is 0 Å². The number of thiazole rings is 1. The van der Waals surface area contributed by atoms with E-state index in [1.165, 1.54) is 11.3 Å². The maximum atomic E-state index is 11.2. The van der Waals surface area contributed by atoms with Crippen LogP contribution in [0.25, 0.3) is 0 Å². The van der Waals surface area contributed by atoms with Gasteiger partial charge in [0.2, 0.25) is 0 Å². The molecular weight excluding hydrogens is 210 g/mol. The van der Waals surface area contributed by atoms with Crippen molar-refractivity contribution in [3.8, 4) is 0 Å². The van der Waals surface area contributed by atoms with Crippen LogP contribution in [0.15, 0.2) is 5.38 Å². The van der Waals surface area contributed by atoms with Crippen molar-refractivity contribution in [1.82, 2.24) is 4.98 Å². The van der Waals surface area contributed by atoms with Crippen molar-refractivity contribution < 1.29 is 9.53 Å². The molecule has 0 aliphatic carbocycles. The van der Waals surface area contributed by atoms with E-state index in [-0.39, 0.29) is 5.97 Å². The smallest absolute Gasteiger partial charge is 0.312 e. The van der Waals surface area contributed by atoms with Crippen LogP contribution in [0.3, 0.4) is 0 Å². The summed E-state index contributed by atoms with van der Waals surface area (Å²) < 4.78 is 4.86. The van der Waals surface area contributed by atoms with Crippen LogP contribution in [-0.4, -0.2) is 17.6 Å². The minimum atomic E-state index is -0.192. The molecule has 0 amide bonds. The molecule has 0 saturated carbocycles. The average Bonchev–Trinajstić information content (AvgIpc) is 2.51. The molecule has 0 fully saturated rings. The lowest BCUT2D eigenvalue weighted by Crippen LogP contribution is -2.07. The second-order valence-electron chi connectivity index (χ2n) is 3.81.